The molecule has 0 aromatic heterocycles. The van der Waals surface area contributed by atoms with Crippen LogP contribution in [0.1, 0.15) is 39.9 Å². The molecule has 0 saturated heterocycles. The first-order valence-electron chi connectivity index (χ1n) is 7.80. The summed E-state index contributed by atoms with van der Waals surface area (Å²) in [7, 11) is 1.71. The zero-order valence-electron chi connectivity index (χ0n) is 13.6. The molecule has 2 aromatic rings. The molecule has 2 aromatic carbocycles. The Balaban J connectivity index is 1.83. The van der Waals surface area contributed by atoms with Crippen LogP contribution in [0.3, 0.4) is 0 Å². The third kappa shape index (κ3) is 2.92. The molecule has 0 spiro atoms. The first kappa shape index (κ1) is 15.5. The Hall–Kier alpha value is -2.39. The average Bonchev–Trinajstić information content (AvgIpc) is 2.91. The fourth-order valence-corrected chi connectivity index (χ4v) is 2.98. The van der Waals surface area contributed by atoms with E-state index in [4.69, 9.17) is 4.74 Å². The van der Waals surface area contributed by atoms with Gasteiger partial charge in [-0.1, -0.05) is 43.8 Å². The molecule has 3 rings (SSSR count). The third-order valence-electron chi connectivity index (χ3n) is 4.36. The Labute approximate surface area is 137 Å². The van der Waals surface area contributed by atoms with Gasteiger partial charge in [0.15, 0.2) is 0 Å². The van der Waals surface area contributed by atoms with E-state index in [0.717, 1.165) is 22.4 Å². The number of anilines is 1. The summed E-state index contributed by atoms with van der Waals surface area (Å²) in [5.41, 5.74) is 4.97. The van der Waals surface area contributed by atoms with Crippen LogP contribution >= 0.6 is 0 Å². The molecule has 1 aliphatic heterocycles. The molecule has 1 atom stereocenters. The van der Waals surface area contributed by atoms with Crippen molar-refractivity contribution in [3.05, 3.63) is 71.3 Å². The summed E-state index contributed by atoms with van der Waals surface area (Å²) in [6.45, 7) is 7.21. The van der Waals surface area contributed by atoms with E-state index in [1.807, 2.05) is 35.2 Å². The zero-order chi connectivity index (χ0) is 16.4. The van der Waals surface area contributed by atoms with Crippen LogP contribution in [0.2, 0.25) is 0 Å². The zero-order valence-corrected chi connectivity index (χ0v) is 13.6. The Kier molecular flexibility index (Phi) is 4.30. The first-order valence-corrected chi connectivity index (χ1v) is 7.80. The van der Waals surface area contributed by atoms with Crippen molar-refractivity contribution < 1.29 is 9.53 Å². The van der Waals surface area contributed by atoms with E-state index in [9.17, 15) is 4.79 Å². The monoisotopic (exact) mass is 307 g/mol. The van der Waals surface area contributed by atoms with E-state index in [-0.39, 0.29) is 5.91 Å². The molecular weight excluding hydrogens is 286 g/mol. The summed E-state index contributed by atoms with van der Waals surface area (Å²) in [5, 5.41) is 0. The van der Waals surface area contributed by atoms with E-state index in [1.54, 1.807) is 13.2 Å². The van der Waals surface area contributed by atoms with Gasteiger partial charge in [-0.3, -0.25) is 4.79 Å². The number of hydrogen-bond acceptors (Lipinski definition) is 2. The van der Waals surface area contributed by atoms with Gasteiger partial charge in [-0.05, 0) is 34.9 Å². The summed E-state index contributed by atoms with van der Waals surface area (Å²) in [6, 6.07) is 14.1. The minimum atomic E-state index is 0.0568. The fraction of sp³-hybridized carbons (Fsp3) is 0.250. The minimum absolute atomic E-state index is 0.0568. The van der Waals surface area contributed by atoms with Gasteiger partial charge in [0.1, 0.15) is 0 Å². The van der Waals surface area contributed by atoms with Gasteiger partial charge in [0.2, 0.25) is 0 Å². The van der Waals surface area contributed by atoms with Gasteiger partial charge in [0.25, 0.3) is 5.91 Å². The number of methoxy groups -OCH3 is 1. The van der Waals surface area contributed by atoms with Crippen LogP contribution in [0, 0.1) is 0 Å². The van der Waals surface area contributed by atoms with Crippen LogP contribution in [0.15, 0.2) is 49.0 Å². The quantitative estimate of drug-likeness (QED) is 0.827. The number of nitrogens with zero attached hydrogens (tertiary/aromatic N) is 1. The van der Waals surface area contributed by atoms with Gasteiger partial charge < -0.3 is 9.64 Å². The second kappa shape index (κ2) is 6.39. The lowest BCUT2D eigenvalue weighted by atomic mass is 10.0. The predicted molar refractivity (Wildman–Crippen MR) is 93.8 cm³/mol. The molecule has 23 heavy (non-hydrogen) atoms. The maximum absolute atomic E-state index is 12.7. The molecule has 0 radical (unpaired) electrons. The van der Waals surface area contributed by atoms with E-state index < -0.39 is 0 Å². The molecule has 0 aliphatic carbocycles. The summed E-state index contributed by atoms with van der Waals surface area (Å²) in [6.07, 6.45) is 1.77. The fourth-order valence-electron chi connectivity index (χ4n) is 2.98. The molecule has 118 valence electrons. The van der Waals surface area contributed by atoms with Crippen molar-refractivity contribution in [1.82, 2.24) is 0 Å². The van der Waals surface area contributed by atoms with Crippen molar-refractivity contribution in [2.24, 2.45) is 0 Å². The number of benzene rings is 2. The number of fused-ring (bicyclic) bond motifs is 1. The van der Waals surface area contributed by atoms with Crippen LogP contribution < -0.4 is 4.90 Å². The molecule has 0 fully saturated rings. The molecule has 3 nitrogen and oxygen atoms in total. The number of rotatable bonds is 5. The molecule has 1 aliphatic rings. The SMILES string of the molecule is C=Cc1ccc2c(c1)C(=O)N(c1ccc(C(C)COC)cc1)C2. The van der Waals surface area contributed by atoms with E-state index >= 15 is 0 Å². The minimum Gasteiger partial charge on any atom is -0.384 e. The van der Waals surface area contributed by atoms with E-state index in [0.29, 0.717) is 19.1 Å². The van der Waals surface area contributed by atoms with Crippen LogP contribution in [-0.2, 0) is 11.3 Å². The van der Waals surface area contributed by atoms with Crippen molar-refractivity contribution in [1.29, 1.82) is 0 Å². The molecule has 0 saturated carbocycles. The summed E-state index contributed by atoms with van der Waals surface area (Å²) in [4.78, 5) is 14.5. The molecule has 1 amide bonds. The summed E-state index contributed by atoms with van der Waals surface area (Å²) in [5.74, 6) is 0.400. The Morgan fingerprint density at radius 1 is 1.26 bits per heavy atom. The lowest BCUT2D eigenvalue weighted by Crippen LogP contribution is -2.22. The number of amides is 1. The van der Waals surface area contributed by atoms with Gasteiger partial charge in [0, 0.05) is 24.3 Å². The maximum Gasteiger partial charge on any atom is 0.258 e. The second-order valence-electron chi connectivity index (χ2n) is 5.96. The van der Waals surface area contributed by atoms with Gasteiger partial charge >= 0.3 is 0 Å². The topological polar surface area (TPSA) is 29.5 Å². The standard InChI is InChI=1S/C20H21NO2/c1-4-15-5-6-17-12-21(20(22)19(17)11-15)18-9-7-16(8-10-18)14(2)13-23-3/h4-11,14H,1,12-13H2,2-3H3. The number of ether oxygens (including phenoxy) is 1. The Morgan fingerprint density at radius 3 is 2.65 bits per heavy atom. The van der Waals surface area contributed by atoms with Gasteiger partial charge in [-0.25, -0.2) is 0 Å². The number of carbonyl (C=O) groups excluding carboxylic acids is 1. The van der Waals surface area contributed by atoms with Crippen LogP contribution in [0.4, 0.5) is 5.69 Å². The van der Waals surface area contributed by atoms with Gasteiger partial charge in [0.05, 0.1) is 13.2 Å². The number of carbonyl (C=O) groups is 1. The maximum atomic E-state index is 12.7. The van der Waals surface area contributed by atoms with Crippen molar-refractivity contribution in [3.63, 3.8) is 0 Å². The average molecular weight is 307 g/mol. The van der Waals surface area contributed by atoms with Gasteiger partial charge in [-0.2, -0.15) is 0 Å². The predicted octanol–water partition coefficient (Wildman–Crippen LogP) is 4.24. The van der Waals surface area contributed by atoms with Crippen LogP contribution in [0.5, 0.6) is 0 Å². The largest absolute Gasteiger partial charge is 0.384 e. The van der Waals surface area contributed by atoms with Crippen molar-refractivity contribution >= 4 is 17.7 Å². The Morgan fingerprint density at radius 2 is 2.00 bits per heavy atom. The highest BCUT2D eigenvalue weighted by Gasteiger charge is 2.28. The molecule has 1 heterocycles. The number of hydrogen-bond donors (Lipinski definition) is 0. The van der Waals surface area contributed by atoms with Crippen molar-refractivity contribution in [2.45, 2.75) is 19.4 Å². The lowest BCUT2D eigenvalue weighted by Gasteiger charge is -2.17. The van der Waals surface area contributed by atoms with E-state index in [2.05, 4.69) is 25.6 Å². The third-order valence-corrected chi connectivity index (χ3v) is 4.36. The molecule has 0 N–H and O–H groups in total. The lowest BCUT2D eigenvalue weighted by molar-refractivity contribution is 0.0996. The van der Waals surface area contributed by atoms with E-state index in [1.165, 1.54) is 5.56 Å². The second-order valence-corrected chi connectivity index (χ2v) is 5.96. The molecule has 1 unspecified atom stereocenters. The van der Waals surface area contributed by atoms with Crippen molar-refractivity contribution in [3.8, 4) is 0 Å². The Bertz CT molecular complexity index is 734. The van der Waals surface area contributed by atoms with Crippen LogP contribution in [0.25, 0.3) is 6.08 Å². The molecular formula is C20H21NO2. The smallest absolute Gasteiger partial charge is 0.258 e. The van der Waals surface area contributed by atoms with Crippen molar-refractivity contribution in [2.75, 3.05) is 18.6 Å². The highest BCUT2D eigenvalue weighted by atomic mass is 16.5. The van der Waals surface area contributed by atoms with Gasteiger partial charge in [-0.15, -0.1) is 0 Å². The highest BCUT2D eigenvalue weighted by molar-refractivity contribution is 6.10. The summed E-state index contributed by atoms with van der Waals surface area (Å²) >= 11 is 0. The highest BCUT2D eigenvalue weighted by Crippen LogP contribution is 2.30. The molecule has 3 heteroatoms. The first-order chi connectivity index (χ1) is 11.1. The normalized spacial score (nSPS) is 14.7. The van der Waals surface area contributed by atoms with Crippen LogP contribution in [-0.4, -0.2) is 19.6 Å². The molecule has 0 bridgehead atoms. The summed E-state index contributed by atoms with van der Waals surface area (Å²) < 4.78 is 5.20.